The third kappa shape index (κ3) is 5.58. The summed E-state index contributed by atoms with van der Waals surface area (Å²) >= 11 is 0. The van der Waals surface area contributed by atoms with Gasteiger partial charge in [0.25, 0.3) is 5.85 Å². The maximum absolute atomic E-state index is 16.1. The second kappa shape index (κ2) is 10.7. The summed E-state index contributed by atoms with van der Waals surface area (Å²) in [6.07, 6.45) is -2.96. The maximum atomic E-state index is 16.1. The minimum Gasteiger partial charge on any atom is -0.468 e. The summed E-state index contributed by atoms with van der Waals surface area (Å²) < 4.78 is 67.4. The lowest BCUT2D eigenvalue weighted by Crippen LogP contribution is -2.47. The van der Waals surface area contributed by atoms with Crippen molar-refractivity contribution in [3.63, 3.8) is 0 Å². The van der Waals surface area contributed by atoms with Crippen LogP contribution in [0.3, 0.4) is 0 Å². The number of hydrogen-bond donors (Lipinski definition) is 3. The number of hydrogen-bond acceptors (Lipinski definition) is 11. The van der Waals surface area contributed by atoms with E-state index < -0.39 is 50.2 Å². The van der Waals surface area contributed by atoms with Crippen LogP contribution >= 0.6 is 7.75 Å². The number of nitrogens with zero attached hydrogens (tertiary/aromatic N) is 4. The van der Waals surface area contributed by atoms with Gasteiger partial charge in [-0.3, -0.25) is 13.9 Å². The normalized spacial score (nSPS) is 27.2. The van der Waals surface area contributed by atoms with Gasteiger partial charge in [0.15, 0.2) is 35.0 Å². The van der Waals surface area contributed by atoms with Crippen molar-refractivity contribution in [2.45, 2.75) is 50.7 Å². The number of esters is 1. The second-order valence-electron chi connectivity index (χ2n) is 9.05. The molecule has 16 heteroatoms. The van der Waals surface area contributed by atoms with Crippen LogP contribution in [0.4, 0.5) is 14.6 Å². The fourth-order valence-electron chi connectivity index (χ4n) is 4.08. The Morgan fingerprint density at radius 3 is 2.64 bits per heavy atom. The van der Waals surface area contributed by atoms with E-state index in [1.54, 1.807) is 32.2 Å². The predicted octanol–water partition coefficient (Wildman–Crippen LogP) is 2.81. The van der Waals surface area contributed by atoms with Gasteiger partial charge >= 0.3 is 13.7 Å². The highest BCUT2D eigenvalue weighted by Gasteiger charge is 2.65. The molecule has 0 saturated carbocycles. The van der Waals surface area contributed by atoms with E-state index in [0.717, 1.165) is 18.6 Å². The van der Waals surface area contributed by atoms with Crippen molar-refractivity contribution in [3.8, 4) is 5.75 Å². The first-order valence-corrected chi connectivity index (χ1v) is 13.4. The molecule has 6 atom stereocenters. The molecule has 212 valence electrons. The summed E-state index contributed by atoms with van der Waals surface area (Å²) in [6.45, 7) is 2.64. The molecule has 0 amide bonds. The molecule has 3 aromatic rings. The molecule has 3 heterocycles. The zero-order chi connectivity index (χ0) is 28.6. The van der Waals surface area contributed by atoms with Crippen LogP contribution in [0.2, 0.25) is 0 Å². The molecule has 3 N–H and O–H groups in total. The van der Waals surface area contributed by atoms with E-state index in [-0.39, 0.29) is 16.9 Å². The molecule has 1 fully saturated rings. The van der Waals surface area contributed by atoms with Crippen LogP contribution in [-0.4, -0.2) is 75.0 Å². The smallest absolute Gasteiger partial charge is 0.459 e. The minimum atomic E-state index is -4.52. The van der Waals surface area contributed by atoms with Gasteiger partial charge in [-0.1, -0.05) is 18.2 Å². The molecule has 0 aliphatic carbocycles. The Labute approximate surface area is 222 Å². The van der Waals surface area contributed by atoms with Crippen molar-refractivity contribution in [1.82, 2.24) is 24.6 Å². The lowest BCUT2D eigenvalue weighted by atomic mass is 9.97. The van der Waals surface area contributed by atoms with Crippen molar-refractivity contribution in [2.75, 3.05) is 26.1 Å². The van der Waals surface area contributed by atoms with Crippen molar-refractivity contribution < 1.29 is 41.8 Å². The molecule has 4 rings (SSSR count). The number of para-hydroxylation sites is 1. The number of halogens is 2. The van der Waals surface area contributed by atoms with Crippen LogP contribution in [0, 0.1) is 6.92 Å². The zero-order valence-electron chi connectivity index (χ0n) is 21.8. The fourth-order valence-corrected chi connectivity index (χ4v) is 5.59. The number of nitrogens with one attached hydrogen (secondary N) is 2. The van der Waals surface area contributed by atoms with E-state index in [1.165, 1.54) is 25.4 Å². The molecule has 0 spiro atoms. The number of ether oxygens (including phenoxy) is 2. The van der Waals surface area contributed by atoms with Crippen LogP contribution in [0.25, 0.3) is 11.2 Å². The Bertz CT molecular complexity index is 1390. The van der Waals surface area contributed by atoms with Gasteiger partial charge in [0.2, 0.25) is 0 Å². The number of aromatic nitrogens is 4. The molecular formula is C23H29F2N6O7P. The number of imidazole rings is 1. The Morgan fingerprint density at radius 1 is 1.31 bits per heavy atom. The number of carbonyl (C=O) groups is 1. The van der Waals surface area contributed by atoms with E-state index >= 15 is 8.78 Å². The maximum Gasteiger partial charge on any atom is 0.459 e. The fraction of sp³-hybridized carbons (Fsp3) is 0.478. The number of rotatable bonds is 10. The van der Waals surface area contributed by atoms with Crippen molar-refractivity contribution in [3.05, 3.63) is 42.5 Å². The van der Waals surface area contributed by atoms with E-state index in [9.17, 15) is 14.5 Å². The number of fused-ring (bicyclic) bond motifs is 1. The van der Waals surface area contributed by atoms with E-state index in [4.69, 9.17) is 13.8 Å². The summed E-state index contributed by atoms with van der Waals surface area (Å²) in [6, 6.07) is 6.56. The molecule has 0 radical (unpaired) electrons. The third-order valence-electron chi connectivity index (χ3n) is 6.06. The quantitative estimate of drug-likeness (QED) is 0.242. The molecule has 39 heavy (non-hydrogen) atoms. The Balaban J connectivity index is 1.62. The molecule has 1 aliphatic rings. The summed E-state index contributed by atoms with van der Waals surface area (Å²) in [5.74, 6) is -3.25. The van der Waals surface area contributed by atoms with Gasteiger partial charge in [-0.15, -0.1) is 0 Å². The number of aryl methyl sites for hydroxylation is 1. The molecule has 2 aromatic heterocycles. The number of benzene rings is 1. The lowest BCUT2D eigenvalue weighted by molar-refractivity contribution is -0.202. The number of carbonyl (C=O) groups excluding carboxylic acids is 1. The van der Waals surface area contributed by atoms with Gasteiger partial charge in [-0.2, -0.15) is 5.09 Å². The monoisotopic (exact) mass is 570 g/mol. The standard InChI is InChI=1S/C23H29F2N6O7P/c1-13(19(32)35-5)30-39(34,38-15-9-7-6-8-10-15)36-11-23(25)20(33)22(3,24)21(37-23)31-12-27-16-17(26-4)28-14(2)29-18(16)31/h6-10,12-13,20-21,33H,11H2,1-5H3,(H,30,34)(H,26,28,29)/t13-,20-,21+,22+,23+,39?/m0/s1. The number of alkyl halides is 2. The highest BCUT2D eigenvalue weighted by atomic mass is 31.2. The molecule has 0 bridgehead atoms. The Kier molecular flexibility index (Phi) is 7.92. The van der Waals surface area contributed by atoms with Gasteiger partial charge < -0.3 is 24.4 Å². The summed E-state index contributed by atoms with van der Waals surface area (Å²) in [5, 5.41) is 15.9. The van der Waals surface area contributed by atoms with Gasteiger partial charge in [-0.25, -0.2) is 28.3 Å². The van der Waals surface area contributed by atoms with Gasteiger partial charge in [0.05, 0.1) is 13.4 Å². The Morgan fingerprint density at radius 2 is 2.00 bits per heavy atom. The molecular weight excluding hydrogens is 541 g/mol. The van der Waals surface area contributed by atoms with E-state index in [2.05, 4.69) is 30.1 Å². The topological polar surface area (TPSA) is 159 Å². The largest absolute Gasteiger partial charge is 0.468 e. The first-order valence-electron chi connectivity index (χ1n) is 11.8. The lowest BCUT2D eigenvalue weighted by Gasteiger charge is -2.28. The molecule has 1 aromatic carbocycles. The Hall–Kier alpha value is -3.23. The van der Waals surface area contributed by atoms with Gasteiger partial charge in [-0.05, 0) is 32.9 Å². The van der Waals surface area contributed by atoms with Gasteiger partial charge in [0, 0.05) is 7.05 Å². The number of methoxy groups -OCH3 is 1. The SMILES string of the molecule is CNc1nc(C)nc2c1ncn2[C@@H]1O[C@](F)(COP(=O)(N[C@@H](C)C(=O)OC)Oc2ccccc2)[C@@H](O)[C@@]1(C)F. The summed E-state index contributed by atoms with van der Waals surface area (Å²) in [5.41, 5.74) is -2.32. The highest BCUT2D eigenvalue weighted by Crippen LogP contribution is 2.52. The minimum absolute atomic E-state index is 0.0691. The first-order chi connectivity index (χ1) is 18.3. The molecule has 1 aliphatic heterocycles. The highest BCUT2D eigenvalue weighted by molar-refractivity contribution is 7.52. The van der Waals surface area contributed by atoms with Crippen molar-refractivity contribution in [2.24, 2.45) is 0 Å². The van der Waals surface area contributed by atoms with Crippen LogP contribution < -0.4 is 14.9 Å². The summed E-state index contributed by atoms with van der Waals surface area (Å²) in [4.78, 5) is 24.6. The summed E-state index contributed by atoms with van der Waals surface area (Å²) in [7, 11) is -1.78. The average molecular weight is 570 g/mol. The van der Waals surface area contributed by atoms with Crippen LogP contribution in [0.5, 0.6) is 5.75 Å². The average Bonchev–Trinajstić information content (AvgIpc) is 3.39. The molecule has 1 saturated heterocycles. The zero-order valence-corrected chi connectivity index (χ0v) is 22.7. The number of aliphatic hydroxyl groups is 1. The number of aliphatic hydroxyl groups excluding tert-OH is 1. The third-order valence-corrected chi connectivity index (χ3v) is 7.69. The number of anilines is 1. The van der Waals surface area contributed by atoms with Crippen LogP contribution in [0.1, 0.15) is 25.9 Å². The molecule has 13 nitrogen and oxygen atoms in total. The van der Waals surface area contributed by atoms with E-state index in [1.807, 2.05) is 0 Å². The van der Waals surface area contributed by atoms with Gasteiger partial charge in [0.1, 0.15) is 24.2 Å². The van der Waals surface area contributed by atoms with Crippen LogP contribution in [-0.2, 0) is 23.4 Å². The molecule has 1 unspecified atom stereocenters. The van der Waals surface area contributed by atoms with Crippen LogP contribution in [0.15, 0.2) is 36.7 Å². The predicted molar refractivity (Wildman–Crippen MR) is 134 cm³/mol. The second-order valence-corrected chi connectivity index (χ2v) is 10.7. The van der Waals surface area contributed by atoms with E-state index in [0.29, 0.717) is 11.6 Å². The van der Waals surface area contributed by atoms with Crippen molar-refractivity contribution >= 4 is 30.7 Å². The first kappa shape index (κ1) is 28.8. The van der Waals surface area contributed by atoms with Crippen molar-refractivity contribution in [1.29, 1.82) is 0 Å².